The van der Waals surface area contributed by atoms with E-state index in [1.54, 1.807) is 18.3 Å². The summed E-state index contributed by atoms with van der Waals surface area (Å²) < 4.78 is 0. The van der Waals surface area contributed by atoms with Gasteiger partial charge in [-0.1, -0.05) is 25.3 Å². The number of amides is 1. The third-order valence-electron chi connectivity index (χ3n) is 3.18. The highest BCUT2D eigenvalue weighted by Gasteiger charge is 2.20. The monoisotopic (exact) mass is 290 g/mol. The molecule has 1 rings (SSSR count). The predicted molar refractivity (Wildman–Crippen MR) is 81.0 cm³/mol. The summed E-state index contributed by atoms with van der Waals surface area (Å²) in [6, 6.07) is 2.40. The van der Waals surface area contributed by atoms with Crippen molar-refractivity contribution >= 4 is 11.9 Å². The Kier molecular flexibility index (Phi) is 7.79. The maximum Gasteiger partial charge on any atom is 0.326 e. The number of carboxylic acids is 1. The molecule has 0 aromatic carbocycles. The lowest BCUT2D eigenvalue weighted by atomic mass is 10.1. The predicted octanol–water partition coefficient (Wildman–Crippen LogP) is 2.79. The summed E-state index contributed by atoms with van der Waals surface area (Å²) in [4.78, 5) is 26.9. The lowest BCUT2D eigenvalue weighted by Crippen LogP contribution is -2.40. The van der Waals surface area contributed by atoms with E-state index >= 15 is 0 Å². The standard InChI is InChI=1S/C16H22N2O3/c1-2-3-4-5-6-7-10-14(16(20)21)18-15(19)13-9-8-11-17-12-13/h2,8-9,11-12,14H,1,3-7,10H2,(H,18,19)(H,20,21)/t14-/m1/s1. The molecular formula is C16H22N2O3. The first-order valence-corrected chi connectivity index (χ1v) is 7.19. The summed E-state index contributed by atoms with van der Waals surface area (Å²) in [5, 5.41) is 11.7. The van der Waals surface area contributed by atoms with E-state index in [0.29, 0.717) is 12.0 Å². The van der Waals surface area contributed by atoms with E-state index in [2.05, 4.69) is 16.9 Å². The largest absolute Gasteiger partial charge is 0.480 e. The molecule has 0 aliphatic rings. The molecule has 1 aromatic heterocycles. The molecule has 0 saturated carbocycles. The molecule has 21 heavy (non-hydrogen) atoms. The van der Waals surface area contributed by atoms with Crippen LogP contribution in [-0.2, 0) is 4.79 Å². The molecule has 0 aliphatic heterocycles. The fraction of sp³-hybridized carbons (Fsp3) is 0.438. The van der Waals surface area contributed by atoms with Crippen LogP contribution in [0.4, 0.5) is 0 Å². The van der Waals surface area contributed by atoms with Gasteiger partial charge in [-0.2, -0.15) is 0 Å². The maximum atomic E-state index is 11.9. The number of carboxylic acid groups (broad SMARTS) is 1. The molecule has 5 heteroatoms. The van der Waals surface area contributed by atoms with E-state index in [1.807, 2.05) is 6.08 Å². The number of carbonyl (C=O) groups excluding carboxylic acids is 1. The lowest BCUT2D eigenvalue weighted by Gasteiger charge is -2.14. The van der Waals surface area contributed by atoms with Crippen LogP contribution in [0.3, 0.4) is 0 Å². The fourth-order valence-corrected chi connectivity index (χ4v) is 1.99. The van der Waals surface area contributed by atoms with Gasteiger partial charge in [0.05, 0.1) is 5.56 Å². The molecule has 1 amide bonds. The molecule has 0 saturated heterocycles. The second-order valence-corrected chi connectivity index (χ2v) is 4.89. The zero-order chi connectivity index (χ0) is 15.5. The number of aromatic nitrogens is 1. The normalized spacial score (nSPS) is 11.6. The number of unbranched alkanes of at least 4 members (excludes halogenated alkanes) is 4. The summed E-state index contributed by atoms with van der Waals surface area (Å²) in [6.45, 7) is 3.66. The second-order valence-electron chi connectivity index (χ2n) is 4.89. The van der Waals surface area contributed by atoms with E-state index in [9.17, 15) is 9.59 Å². The van der Waals surface area contributed by atoms with E-state index in [4.69, 9.17) is 5.11 Å². The van der Waals surface area contributed by atoms with Crippen molar-refractivity contribution in [3.63, 3.8) is 0 Å². The van der Waals surface area contributed by atoms with Crippen molar-refractivity contribution < 1.29 is 14.7 Å². The highest BCUT2D eigenvalue weighted by Crippen LogP contribution is 2.09. The first-order valence-electron chi connectivity index (χ1n) is 7.19. The number of nitrogens with zero attached hydrogens (tertiary/aromatic N) is 1. The van der Waals surface area contributed by atoms with Crippen LogP contribution in [0.25, 0.3) is 0 Å². The smallest absolute Gasteiger partial charge is 0.326 e. The first kappa shape index (κ1) is 16.9. The van der Waals surface area contributed by atoms with Gasteiger partial charge in [0.2, 0.25) is 0 Å². The highest BCUT2D eigenvalue weighted by molar-refractivity contribution is 5.96. The molecule has 0 aliphatic carbocycles. The number of pyridine rings is 1. The number of hydrogen-bond donors (Lipinski definition) is 2. The number of rotatable bonds is 10. The van der Waals surface area contributed by atoms with Gasteiger partial charge in [0.25, 0.3) is 5.91 Å². The van der Waals surface area contributed by atoms with Crippen molar-refractivity contribution in [3.8, 4) is 0 Å². The average Bonchev–Trinajstić information content (AvgIpc) is 2.50. The van der Waals surface area contributed by atoms with Crippen LogP contribution in [0, 0.1) is 0 Å². The van der Waals surface area contributed by atoms with Gasteiger partial charge in [-0.15, -0.1) is 6.58 Å². The lowest BCUT2D eigenvalue weighted by molar-refractivity contribution is -0.139. The summed E-state index contributed by atoms with van der Waals surface area (Å²) in [6.07, 6.45) is 10.2. The highest BCUT2D eigenvalue weighted by atomic mass is 16.4. The molecule has 0 fully saturated rings. The maximum absolute atomic E-state index is 11.9. The topological polar surface area (TPSA) is 79.3 Å². The average molecular weight is 290 g/mol. The van der Waals surface area contributed by atoms with Crippen LogP contribution in [0.2, 0.25) is 0 Å². The van der Waals surface area contributed by atoms with Gasteiger partial charge < -0.3 is 10.4 Å². The van der Waals surface area contributed by atoms with E-state index in [0.717, 1.165) is 32.1 Å². The first-order chi connectivity index (χ1) is 10.1. The fourth-order valence-electron chi connectivity index (χ4n) is 1.99. The zero-order valence-corrected chi connectivity index (χ0v) is 12.1. The Labute approximate surface area is 125 Å². The number of carbonyl (C=O) groups is 2. The Hall–Kier alpha value is -2.17. The van der Waals surface area contributed by atoms with E-state index < -0.39 is 17.9 Å². The van der Waals surface area contributed by atoms with Crippen LogP contribution < -0.4 is 5.32 Å². The Morgan fingerprint density at radius 1 is 1.33 bits per heavy atom. The summed E-state index contributed by atoms with van der Waals surface area (Å²) in [5.74, 6) is -1.40. The minimum Gasteiger partial charge on any atom is -0.480 e. The number of hydrogen-bond acceptors (Lipinski definition) is 3. The van der Waals surface area contributed by atoms with Crippen molar-refractivity contribution in [2.75, 3.05) is 0 Å². The Balaban J connectivity index is 2.38. The third kappa shape index (κ3) is 6.70. The van der Waals surface area contributed by atoms with Crippen LogP contribution in [0.1, 0.15) is 48.9 Å². The molecule has 5 nitrogen and oxygen atoms in total. The molecule has 0 bridgehead atoms. The number of aliphatic carboxylic acids is 1. The molecule has 0 spiro atoms. The number of allylic oxidation sites excluding steroid dienone is 1. The molecule has 0 unspecified atom stereocenters. The van der Waals surface area contributed by atoms with Gasteiger partial charge in [0, 0.05) is 12.4 Å². The van der Waals surface area contributed by atoms with E-state index in [-0.39, 0.29) is 0 Å². The van der Waals surface area contributed by atoms with Gasteiger partial charge in [-0.3, -0.25) is 9.78 Å². The summed E-state index contributed by atoms with van der Waals surface area (Å²) >= 11 is 0. The zero-order valence-electron chi connectivity index (χ0n) is 12.1. The minimum absolute atomic E-state index is 0.370. The van der Waals surface area contributed by atoms with Gasteiger partial charge in [0.1, 0.15) is 6.04 Å². The van der Waals surface area contributed by atoms with Crippen molar-refractivity contribution in [1.29, 1.82) is 0 Å². The van der Waals surface area contributed by atoms with Crippen LogP contribution >= 0.6 is 0 Å². The molecule has 2 N–H and O–H groups in total. The molecule has 0 radical (unpaired) electrons. The quantitative estimate of drug-likeness (QED) is 0.513. The van der Waals surface area contributed by atoms with Crippen molar-refractivity contribution in [3.05, 3.63) is 42.7 Å². The summed E-state index contributed by atoms with van der Waals surface area (Å²) in [7, 11) is 0. The Morgan fingerprint density at radius 3 is 2.71 bits per heavy atom. The van der Waals surface area contributed by atoms with Gasteiger partial charge in [0.15, 0.2) is 0 Å². The van der Waals surface area contributed by atoms with Crippen molar-refractivity contribution in [2.45, 2.75) is 44.6 Å². The summed E-state index contributed by atoms with van der Waals surface area (Å²) in [5.41, 5.74) is 0.370. The SMILES string of the molecule is C=CCCCCCC[C@@H](NC(=O)c1cccnc1)C(=O)O. The minimum atomic E-state index is -1.00. The van der Waals surface area contributed by atoms with Gasteiger partial charge in [-0.05, 0) is 31.4 Å². The van der Waals surface area contributed by atoms with E-state index in [1.165, 1.54) is 6.20 Å². The number of nitrogens with one attached hydrogen (secondary N) is 1. The van der Waals surface area contributed by atoms with Crippen molar-refractivity contribution in [2.24, 2.45) is 0 Å². The Morgan fingerprint density at radius 2 is 2.10 bits per heavy atom. The van der Waals surface area contributed by atoms with Gasteiger partial charge >= 0.3 is 5.97 Å². The molecular weight excluding hydrogens is 268 g/mol. The molecule has 114 valence electrons. The second kappa shape index (κ2) is 9.69. The third-order valence-corrected chi connectivity index (χ3v) is 3.18. The van der Waals surface area contributed by atoms with Crippen LogP contribution in [0.15, 0.2) is 37.2 Å². The van der Waals surface area contributed by atoms with Crippen molar-refractivity contribution in [1.82, 2.24) is 10.3 Å². The molecule has 1 atom stereocenters. The molecule has 1 aromatic rings. The van der Waals surface area contributed by atoms with Gasteiger partial charge in [-0.25, -0.2) is 4.79 Å². The van der Waals surface area contributed by atoms with Crippen LogP contribution in [0.5, 0.6) is 0 Å². The Bertz CT molecular complexity index is 460. The van der Waals surface area contributed by atoms with Crippen LogP contribution in [-0.4, -0.2) is 28.0 Å². The molecule has 1 heterocycles.